The number of hydrogen-bond donors (Lipinski definition) is 2. The molecule has 3 rings (SSSR count). The summed E-state index contributed by atoms with van der Waals surface area (Å²) < 4.78 is 16.4. The van der Waals surface area contributed by atoms with Gasteiger partial charge in [0.1, 0.15) is 23.9 Å². The van der Waals surface area contributed by atoms with Crippen LogP contribution in [0.5, 0.6) is 5.75 Å². The predicted molar refractivity (Wildman–Crippen MR) is 99.8 cm³/mol. The largest absolute Gasteiger partial charge is 0.502 e. The van der Waals surface area contributed by atoms with Crippen LogP contribution in [0.2, 0.25) is 0 Å². The zero-order chi connectivity index (χ0) is 20.1. The molecule has 0 unspecified atom stereocenters. The van der Waals surface area contributed by atoms with Gasteiger partial charge in [0.25, 0.3) is 0 Å². The molecule has 7 heteroatoms. The van der Waals surface area contributed by atoms with Crippen LogP contribution in [-0.4, -0.2) is 22.8 Å². The first-order chi connectivity index (χ1) is 13.5. The van der Waals surface area contributed by atoms with Gasteiger partial charge >= 0.3 is 5.97 Å². The molecule has 3 aromatic rings. The van der Waals surface area contributed by atoms with E-state index in [9.17, 15) is 19.8 Å². The average molecular weight is 384 g/mol. The molecule has 1 atom stereocenters. The lowest BCUT2D eigenvalue weighted by Crippen LogP contribution is -2.14. The van der Waals surface area contributed by atoms with E-state index in [4.69, 9.17) is 13.6 Å². The molecule has 0 saturated carbocycles. The van der Waals surface area contributed by atoms with Crippen molar-refractivity contribution < 1.29 is 28.6 Å². The van der Waals surface area contributed by atoms with E-state index < -0.39 is 29.7 Å². The molecule has 28 heavy (non-hydrogen) atoms. The summed E-state index contributed by atoms with van der Waals surface area (Å²) in [6, 6.07) is 13.7. The standard InChI is InChI=1S/C21H20O7/c1-2-26-19(24)11-15(21-20(25)16(23)10-14(12-22)27-21)18-9-8-17(28-18)13-6-4-3-5-7-13/h3-10,15,22,25H,2,11-12H2,1H3/t15-/m0/s1. The lowest BCUT2D eigenvalue weighted by Gasteiger charge is -2.15. The maximum absolute atomic E-state index is 12.1. The molecule has 0 saturated heterocycles. The molecule has 2 heterocycles. The molecule has 0 aliphatic heterocycles. The normalized spacial score (nSPS) is 11.9. The van der Waals surface area contributed by atoms with Crippen molar-refractivity contribution in [2.45, 2.75) is 25.9 Å². The molecule has 0 bridgehead atoms. The number of hydrogen-bond acceptors (Lipinski definition) is 7. The molecule has 0 amide bonds. The van der Waals surface area contributed by atoms with Crippen molar-refractivity contribution in [1.82, 2.24) is 0 Å². The number of carbonyl (C=O) groups excluding carboxylic acids is 1. The van der Waals surface area contributed by atoms with Crippen LogP contribution in [0.3, 0.4) is 0 Å². The number of furan rings is 1. The van der Waals surface area contributed by atoms with E-state index in [-0.39, 0.29) is 24.5 Å². The zero-order valence-corrected chi connectivity index (χ0v) is 15.3. The summed E-state index contributed by atoms with van der Waals surface area (Å²) in [5.41, 5.74) is 0.118. The zero-order valence-electron chi connectivity index (χ0n) is 15.3. The van der Waals surface area contributed by atoms with Crippen molar-refractivity contribution in [3.63, 3.8) is 0 Å². The van der Waals surface area contributed by atoms with E-state index in [2.05, 4.69) is 0 Å². The van der Waals surface area contributed by atoms with Crippen molar-refractivity contribution in [2.75, 3.05) is 6.61 Å². The smallest absolute Gasteiger partial charge is 0.306 e. The summed E-state index contributed by atoms with van der Waals surface area (Å²) in [5.74, 6) is -1.37. The van der Waals surface area contributed by atoms with Crippen molar-refractivity contribution in [1.29, 1.82) is 0 Å². The Hall–Kier alpha value is -3.32. The third kappa shape index (κ3) is 4.15. The fourth-order valence-corrected chi connectivity index (χ4v) is 2.88. The summed E-state index contributed by atoms with van der Waals surface area (Å²) in [6.45, 7) is 1.34. The SMILES string of the molecule is CCOC(=O)C[C@@H](c1ccc(-c2ccccc2)o1)c1oc(CO)cc(=O)c1O. The molecule has 2 aromatic heterocycles. The first-order valence-electron chi connectivity index (χ1n) is 8.81. The van der Waals surface area contributed by atoms with Gasteiger partial charge in [-0.25, -0.2) is 0 Å². The van der Waals surface area contributed by atoms with Crippen molar-refractivity contribution >= 4 is 5.97 Å². The number of aromatic hydroxyl groups is 1. The Morgan fingerprint density at radius 3 is 2.57 bits per heavy atom. The quantitative estimate of drug-likeness (QED) is 0.602. The summed E-state index contributed by atoms with van der Waals surface area (Å²) in [6.07, 6.45) is -0.207. The van der Waals surface area contributed by atoms with E-state index in [1.54, 1.807) is 19.1 Å². The molecule has 0 fully saturated rings. The summed E-state index contributed by atoms with van der Waals surface area (Å²) >= 11 is 0. The van der Waals surface area contributed by atoms with Gasteiger partial charge in [-0.15, -0.1) is 0 Å². The molecule has 0 radical (unpaired) electrons. The highest BCUT2D eigenvalue weighted by Gasteiger charge is 2.29. The second kappa shape index (κ2) is 8.58. The van der Waals surface area contributed by atoms with E-state index in [0.717, 1.165) is 11.6 Å². The minimum absolute atomic E-state index is 0.0264. The highest BCUT2D eigenvalue weighted by molar-refractivity contribution is 5.71. The second-order valence-corrected chi connectivity index (χ2v) is 6.08. The van der Waals surface area contributed by atoms with Gasteiger partial charge in [0.2, 0.25) is 11.2 Å². The Morgan fingerprint density at radius 1 is 1.14 bits per heavy atom. The number of aliphatic hydroxyl groups is 1. The monoisotopic (exact) mass is 384 g/mol. The van der Waals surface area contributed by atoms with Gasteiger partial charge in [-0.3, -0.25) is 9.59 Å². The Morgan fingerprint density at radius 2 is 1.89 bits per heavy atom. The van der Waals surface area contributed by atoms with E-state index in [1.165, 1.54) is 0 Å². The van der Waals surface area contributed by atoms with E-state index >= 15 is 0 Å². The molecule has 146 valence electrons. The topological polar surface area (TPSA) is 110 Å². The minimum atomic E-state index is -0.893. The third-order valence-electron chi connectivity index (χ3n) is 4.18. The summed E-state index contributed by atoms with van der Waals surface area (Å²) in [4.78, 5) is 24.1. The molecular formula is C21H20O7. The Kier molecular flexibility index (Phi) is 5.96. The molecule has 0 aliphatic carbocycles. The Bertz CT molecular complexity index is 1000. The third-order valence-corrected chi connectivity index (χ3v) is 4.18. The van der Waals surface area contributed by atoms with Gasteiger partial charge in [-0.2, -0.15) is 0 Å². The van der Waals surface area contributed by atoms with Crippen molar-refractivity contribution in [3.8, 4) is 17.1 Å². The highest BCUT2D eigenvalue weighted by Crippen LogP contribution is 2.36. The molecule has 7 nitrogen and oxygen atoms in total. The van der Waals surface area contributed by atoms with Gasteiger partial charge in [0, 0.05) is 11.6 Å². The number of rotatable bonds is 7. The average Bonchev–Trinajstić information content (AvgIpc) is 3.19. The first kappa shape index (κ1) is 19.4. The number of ether oxygens (including phenoxy) is 1. The fraction of sp³-hybridized carbons (Fsp3) is 0.238. The molecule has 2 N–H and O–H groups in total. The maximum Gasteiger partial charge on any atom is 0.306 e. The van der Waals surface area contributed by atoms with Gasteiger partial charge in [-0.05, 0) is 19.1 Å². The lowest BCUT2D eigenvalue weighted by molar-refractivity contribution is -0.143. The number of benzene rings is 1. The van der Waals surface area contributed by atoms with Crippen LogP contribution in [0, 0.1) is 0 Å². The van der Waals surface area contributed by atoms with E-state index in [0.29, 0.717) is 11.5 Å². The van der Waals surface area contributed by atoms with Crippen LogP contribution in [0.15, 0.2) is 62.2 Å². The minimum Gasteiger partial charge on any atom is -0.502 e. The van der Waals surface area contributed by atoms with Crippen LogP contribution >= 0.6 is 0 Å². The highest BCUT2D eigenvalue weighted by atomic mass is 16.5. The van der Waals surface area contributed by atoms with Crippen molar-refractivity contribution in [2.24, 2.45) is 0 Å². The second-order valence-electron chi connectivity index (χ2n) is 6.08. The summed E-state index contributed by atoms with van der Waals surface area (Å²) in [7, 11) is 0. The van der Waals surface area contributed by atoms with Crippen LogP contribution in [0.25, 0.3) is 11.3 Å². The van der Waals surface area contributed by atoms with Crippen LogP contribution in [-0.2, 0) is 16.1 Å². The van der Waals surface area contributed by atoms with Crippen LogP contribution in [0.4, 0.5) is 0 Å². The number of esters is 1. The Labute approximate surface area is 160 Å². The molecule has 0 aliphatic rings. The van der Waals surface area contributed by atoms with Gasteiger partial charge in [-0.1, -0.05) is 30.3 Å². The molecule has 0 spiro atoms. The first-order valence-corrected chi connectivity index (χ1v) is 8.81. The number of aliphatic hydroxyl groups excluding tert-OH is 1. The van der Waals surface area contributed by atoms with E-state index in [1.807, 2.05) is 30.3 Å². The summed E-state index contributed by atoms with van der Waals surface area (Å²) in [5, 5.41) is 19.6. The van der Waals surface area contributed by atoms with Gasteiger partial charge in [0.15, 0.2) is 5.76 Å². The van der Waals surface area contributed by atoms with Crippen molar-refractivity contribution in [3.05, 3.63) is 76.0 Å². The van der Waals surface area contributed by atoms with Gasteiger partial charge in [0.05, 0.1) is 18.9 Å². The van der Waals surface area contributed by atoms with Crippen LogP contribution in [0.1, 0.15) is 36.5 Å². The lowest BCUT2D eigenvalue weighted by atomic mass is 9.98. The maximum atomic E-state index is 12.1. The van der Waals surface area contributed by atoms with Crippen LogP contribution < -0.4 is 5.43 Å². The fourth-order valence-electron chi connectivity index (χ4n) is 2.88. The molecule has 1 aromatic carbocycles. The Balaban J connectivity index is 2.06. The predicted octanol–water partition coefficient (Wildman–Crippen LogP) is 3.18. The molecular weight excluding hydrogens is 364 g/mol. The number of carbonyl (C=O) groups is 1. The van der Waals surface area contributed by atoms with Gasteiger partial charge < -0.3 is 23.8 Å².